The Morgan fingerprint density at radius 1 is 1.21 bits per heavy atom. The molecule has 0 aromatic carbocycles. The van der Waals surface area contributed by atoms with Gasteiger partial charge in [0.25, 0.3) is 0 Å². The molecule has 0 heterocycles. The maximum absolute atomic E-state index is 12.3. The van der Waals surface area contributed by atoms with Crippen LogP contribution in [-0.4, -0.2) is 49.2 Å². The van der Waals surface area contributed by atoms with E-state index in [1.54, 1.807) is 0 Å². The molecule has 0 radical (unpaired) electrons. The van der Waals surface area contributed by atoms with Crippen molar-refractivity contribution in [1.82, 2.24) is 4.90 Å². The van der Waals surface area contributed by atoms with Crippen LogP contribution in [0.5, 0.6) is 0 Å². The van der Waals surface area contributed by atoms with Crippen molar-refractivity contribution in [3.63, 3.8) is 0 Å². The average Bonchev–Trinajstić information content (AvgIpc) is 2.56. The van der Waals surface area contributed by atoms with Crippen molar-refractivity contribution in [3.8, 4) is 0 Å². The SMILES string of the molecule is CN(C)C1(COC(C)(C)C)CCC(OC(F)(F)F)C1. The smallest absolute Gasteiger partial charge is 0.374 e. The molecule has 1 fully saturated rings. The van der Waals surface area contributed by atoms with E-state index < -0.39 is 12.5 Å². The topological polar surface area (TPSA) is 21.7 Å². The van der Waals surface area contributed by atoms with Crippen molar-refractivity contribution in [1.29, 1.82) is 0 Å². The second kappa shape index (κ2) is 5.58. The van der Waals surface area contributed by atoms with E-state index in [2.05, 4.69) is 4.74 Å². The second-order valence-electron chi connectivity index (χ2n) is 6.45. The third kappa shape index (κ3) is 5.28. The maximum atomic E-state index is 12.3. The Hall–Kier alpha value is -0.330. The zero-order chi connectivity index (χ0) is 14.9. The van der Waals surface area contributed by atoms with Crippen molar-refractivity contribution in [3.05, 3.63) is 0 Å². The van der Waals surface area contributed by atoms with Gasteiger partial charge in [-0.1, -0.05) is 0 Å². The number of nitrogens with zero attached hydrogens (tertiary/aromatic N) is 1. The number of halogens is 3. The molecule has 6 heteroatoms. The number of hydrogen-bond donors (Lipinski definition) is 0. The molecule has 114 valence electrons. The van der Waals surface area contributed by atoms with Crippen molar-refractivity contribution >= 4 is 0 Å². The summed E-state index contributed by atoms with van der Waals surface area (Å²) >= 11 is 0. The highest BCUT2D eigenvalue weighted by Crippen LogP contribution is 2.39. The summed E-state index contributed by atoms with van der Waals surface area (Å²) in [6.07, 6.45) is -3.93. The van der Waals surface area contributed by atoms with Crippen LogP contribution < -0.4 is 0 Å². The molecule has 2 unspecified atom stereocenters. The second-order valence-corrected chi connectivity index (χ2v) is 6.45. The van der Waals surface area contributed by atoms with Gasteiger partial charge in [0.15, 0.2) is 0 Å². The largest absolute Gasteiger partial charge is 0.522 e. The molecule has 0 bridgehead atoms. The highest BCUT2D eigenvalue weighted by molar-refractivity contribution is 4.97. The first-order valence-electron chi connectivity index (χ1n) is 6.49. The van der Waals surface area contributed by atoms with Gasteiger partial charge >= 0.3 is 6.36 Å². The predicted octanol–water partition coefficient (Wildman–Crippen LogP) is 3.19. The summed E-state index contributed by atoms with van der Waals surface area (Å²) in [4.78, 5) is 1.96. The fraction of sp³-hybridized carbons (Fsp3) is 1.00. The number of likely N-dealkylation sites (N-methyl/N-ethyl adjacent to an activating group) is 1. The minimum atomic E-state index is -4.56. The fourth-order valence-corrected chi connectivity index (χ4v) is 2.36. The molecule has 0 aromatic heterocycles. The molecular formula is C13H24F3NO2. The molecule has 0 aromatic rings. The Balaban J connectivity index is 2.65. The minimum Gasteiger partial charge on any atom is -0.374 e. The fourth-order valence-electron chi connectivity index (χ4n) is 2.36. The van der Waals surface area contributed by atoms with Gasteiger partial charge in [-0.2, -0.15) is 0 Å². The Morgan fingerprint density at radius 3 is 2.21 bits per heavy atom. The van der Waals surface area contributed by atoms with Crippen LogP contribution >= 0.6 is 0 Å². The van der Waals surface area contributed by atoms with Crippen molar-refractivity contribution in [2.75, 3.05) is 20.7 Å². The first-order chi connectivity index (χ1) is 8.44. The van der Waals surface area contributed by atoms with E-state index in [1.807, 2.05) is 39.8 Å². The lowest BCUT2D eigenvalue weighted by Crippen LogP contribution is -2.48. The summed E-state index contributed by atoms with van der Waals surface area (Å²) in [5.74, 6) is 0. The van der Waals surface area contributed by atoms with E-state index in [1.165, 1.54) is 0 Å². The van der Waals surface area contributed by atoms with Crippen LogP contribution in [0, 0.1) is 0 Å². The van der Waals surface area contributed by atoms with E-state index in [-0.39, 0.29) is 11.1 Å². The van der Waals surface area contributed by atoms with Crippen LogP contribution in [-0.2, 0) is 9.47 Å². The number of hydrogen-bond acceptors (Lipinski definition) is 3. The summed E-state index contributed by atoms with van der Waals surface area (Å²) in [5.41, 5.74) is -0.671. The Morgan fingerprint density at radius 2 is 1.79 bits per heavy atom. The van der Waals surface area contributed by atoms with E-state index >= 15 is 0 Å². The lowest BCUT2D eigenvalue weighted by atomic mass is 9.96. The van der Waals surface area contributed by atoms with Gasteiger partial charge in [0, 0.05) is 5.54 Å². The highest BCUT2D eigenvalue weighted by atomic mass is 19.4. The first kappa shape index (κ1) is 16.7. The summed E-state index contributed by atoms with van der Waals surface area (Å²) in [5, 5.41) is 0. The van der Waals surface area contributed by atoms with Gasteiger partial charge < -0.3 is 9.64 Å². The Kier molecular flexibility index (Phi) is 4.91. The average molecular weight is 283 g/mol. The van der Waals surface area contributed by atoms with E-state index in [4.69, 9.17) is 4.74 Å². The predicted molar refractivity (Wildman–Crippen MR) is 66.9 cm³/mol. The summed E-state index contributed by atoms with van der Waals surface area (Å²) in [6.45, 7) is 6.24. The standard InChI is InChI=1S/C13H24F3NO2/c1-11(2,3)18-9-12(17(4)5)7-6-10(8-12)19-13(14,15)16/h10H,6-9H2,1-5H3. The molecule has 0 amide bonds. The minimum absolute atomic E-state index is 0.300. The third-order valence-electron chi connectivity index (χ3n) is 3.56. The van der Waals surface area contributed by atoms with Gasteiger partial charge in [-0.3, -0.25) is 4.74 Å². The van der Waals surface area contributed by atoms with Gasteiger partial charge in [0.1, 0.15) is 0 Å². The first-order valence-corrected chi connectivity index (χ1v) is 6.49. The number of alkyl halides is 3. The van der Waals surface area contributed by atoms with Crippen LogP contribution in [0.4, 0.5) is 13.2 Å². The molecule has 19 heavy (non-hydrogen) atoms. The molecule has 1 aliphatic carbocycles. The van der Waals surface area contributed by atoms with Gasteiger partial charge in [-0.15, -0.1) is 13.2 Å². The van der Waals surface area contributed by atoms with Crippen molar-refractivity contribution in [2.24, 2.45) is 0 Å². The van der Waals surface area contributed by atoms with Gasteiger partial charge in [0.2, 0.25) is 0 Å². The lowest BCUT2D eigenvalue weighted by molar-refractivity contribution is -0.342. The molecular weight excluding hydrogens is 259 g/mol. The molecule has 3 nitrogen and oxygen atoms in total. The normalized spacial score (nSPS) is 29.2. The van der Waals surface area contributed by atoms with E-state index in [0.717, 1.165) is 0 Å². The van der Waals surface area contributed by atoms with Gasteiger partial charge in [-0.05, 0) is 54.1 Å². The molecule has 0 aliphatic heterocycles. The summed E-state index contributed by atoms with van der Waals surface area (Å²) < 4.78 is 46.7. The highest BCUT2D eigenvalue weighted by Gasteiger charge is 2.46. The quantitative estimate of drug-likeness (QED) is 0.791. The van der Waals surface area contributed by atoms with Crippen molar-refractivity contribution < 1.29 is 22.6 Å². The Bertz CT molecular complexity index is 299. The van der Waals surface area contributed by atoms with Gasteiger partial charge in [0.05, 0.1) is 18.3 Å². The van der Waals surface area contributed by atoms with Crippen LogP contribution in [0.2, 0.25) is 0 Å². The van der Waals surface area contributed by atoms with E-state index in [9.17, 15) is 13.2 Å². The molecule has 2 atom stereocenters. The molecule has 0 N–H and O–H groups in total. The zero-order valence-electron chi connectivity index (χ0n) is 12.3. The van der Waals surface area contributed by atoms with Crippen molar-refractivity contribution in [2.45, 2.75) is 63.6 Å². The van der Waals surface area contributed by atoms with E-state index in [0.29, 0.717) is 25.9 Å². The molecule has 1 aliphatic rings. The van der Waals surface area contributed by atoms with Crippen LogP contribution in [0.15, 0.2) is 0 Å². The molecule has 1 rings (SSSR count). The number of ether oxygens (including phenoxy) is 2. The molecule has 1 saturated carbocycles. The summed E-state index contributed by atoms with van der Waals surface area (Å²) in [7, 11) is 3.75. The number of rotatable bonds is 4. The molecule has 0 saturated heterocycles. The zero-order valence-corrected chi connectivity index (χ0v) is 12.3. The Labute approximate surface area is 113 Å². The monoisotopic (exact) mass is 283 g/mol. The van der Waals surface area contributed by atoms with Crippen LogP contribution in [0.3, 0.4) is 0 Å². The molecule has 0 spiro atoms. The third-order valence-corrected chi connectivity index (χ3v) is 3.56. The van der Waals surface area contributed by atoms with Gasteiger partial charge in [-0.25, -0.2) is 0 Å². The summed E-state index contributed by atoms with van der Waals surface area (Å²) in [6, 6.07) is 0. The lowest BCUT2D eigenvalue weighted by Gasteiger charge is -2.38. The maximum Gasteiger partial charge on any atom is 0.522 e. The van der Waals surface area contributed by atoms with Crippen LogP contribution in [0.25, 0.3) is 0 Å². The van der Waals surface area contributed by atoms with Crippen LogP contribution in [0.1, 0.15) is 40.0 Å².